The summed E-state index contributed by atoms with van der Waals surface area (Å²) in [5.74, 6) is 1.33. The van der Waals surface area contributed by atoms with Gasteiger partial charge >= 0.3 is 0 Å². The molecule has 1 aromatic heterocycles. The molecule has 0 saturated heterocycles. The molecule has 1 aromatic carbocycles. The Bertz CT molecular complexity index is 528. The van der Waals surface area contributed by atoms with E-state index in [1.807, 2.05) is 0 Å². The topological polar surface area (TPSA) is 39.2 Å². The van der Waals surface area contributed by atoms with Gasteiger partial charge in [-0.2, -0.15) is 0 Å². The average molecular weight is 282 g/mol. The summed E-state index contributed by atoms with van der Waals surface area (Å²) in [5.41, 5.74) is 9.04. The van der Waals surface area contributed by atoms with Crippen molar-refractivity contribution in [1.82, 2.24) is 0 Å². The predicted octanol–water partition coefficient (Wildman–Crippen LogP) is 4.09. The number of aryl methyl sites for hydroxylation is 1. The van der Waals surface area contributed by atoms with Crippen LogP contribution in [0, 0.1) is 6.92 Å². The standard InChI is InChI=1S/C13H16BrNO/c1-7(2)10-4-9(14)5-11-8(3)12(6-15)16-13(10)11/h4-5,7H,6,15H2,1-3H3. The normalized spacial score (nSPS) is 11.6. The Kier molecular flexibility index (Phi) is 3.08. The van der Waals surface area contributed by atoms with Crippen molar-refractivity contribution in [3.05, 3.63) is 33.5 Å². The molecule has 0 fully saturated rings. The first-order valence-electron chi connectivity index (χ1n) is 5.46. The minimum absolute atomic E-state index is 0.441. The molecule has 3 heteroatoms. The zero-order valence-electron chi connectivity index (χ0n) is 9.80. The van der Waals surface area contributed by atoms with Crippen LogP contribution in [0.1, 0.15) is 36.7 Å². The van der Waals surface area contributed by atoms with Crippen LogP contribution in [0.4, 0.5) is 0 Å². The molecule has 0 unspecified atom stereocenters. The fourth-order valence-corrected chi connectivity index (χ4v) is 2.46. The Morgan fingerprint density at radius 3 is 2.62 bits per heavy atom. The van der Waals surface area contributed by atoms with Crippen LogP contribution >= 0.6 is 15.9 Å². The van der Waals surface area contributed by atoms with Gasteiger partial charge in [-0.25, -0.2) is 0 Å². The van der Waals surface area contributed by atoms with E-state index in [0.29, 0.717) is 12.5 Å². The van der Waals surface area contributed by atoms with Gasteiger partial charge in [-0.3, -0.25) is 0 Å². The number of nitrogens with two attached hydrogens (primary N) is 1. The minimum atomic E-state index is 0.441. The van der Waals surface area contributed by atoms with Gasteiger partial charge in [0.15, 0.2) is 0 Å². The molecular formula is C13H16BrNO. The first-order valence-corrected chi connectivity index (χ1v) is 6.25. The highest BCUT2D eigenvalue weighted by molar-refractivity contribution is 9.10. The quantitative estimate of drug-likeness (QED) is 0.901. The molecule has 0 bridgehead atoms. The minimum Gasteiger partial charge on any atom is -0.459 e. The SMILES string of the molecule is Cc1c(CN)oc2c(C(C)C)cc(Br)cc12. The van der Waals surface area contributed by atoms with Gasteiger partial charge in [0.25, 0.3) is 0 Å². The molecule has 2 N–H and O–H groups in total. The number of hydrogen-bond acceptors (Lipinski definition) is 2. The monoisotopic (exact) mass is 281 g/mol. The second-order valence-corrected chi connectivity index (χ2v) is 5.30. The smallest absolute Gasteiger partial charge is 0.138 e. The fraction of sp³-hybridized carbons (Fsp3) is 0.385. The Morgan fingerprint density at radius 2 is 2.06 bits per heavy atom. The zero-order chi connectivity index (χ0) is 11.9. The molecule has 0 amide bonds. The number of fused-ring (bicyclic) bond motifs is 1. The van der Waals surface area contributed by atoms with Crippen molar-refractivity contribution in [3.63, 3.8) is 0 Å². The van der Waals surface area contributed by atoms with E-state index < -0.39 is 0 Å². The van der Waals surface area contributed by atoms with E-state index in [0.717, 1.165) is 21.4 Å². The van der Waals surface area contributed by atoms with Crippen molar-refractivity contribution in [2.24, 2.45) is 5.73 Å². The highest BCUT2D eigenvalue weighted by Crippen LogP contribution is 2.34. The lowest BCUT2D eigenvalue weighted by Gasteiger charge is -2.06. The molecule has 86 valence electrons. The summed E-state index contributed by atoms with van der Waals surface area (Å²) in [6.45, 7) is 6.85. The zero-order valence-corrected chi connectivity index (χ0v) is 11.4. The molecule has 2 aromatic rings. The number of halogens is 1. The molecular weight excluding hydrogens is 266 g/mol. The van der Waals surface area contributed by atoms with E-state index in [2.05, 4.69) is 48.8 Å². The van der Waals surface area contributed by atoms with Gasteiger partial charge in [0.05, 0.1) is 6.54 Å². The Morgan fingerprint density at radius 1 is 1.38 bits per heavy atom. The lowest BCUT2D eigenvalue weighted by atomic mass is 10.00. The van der Waals surface area contributed by atoms with Gasteiger partial charge in [-0.15, -0.1) is 0 Å². The van der Waals surface area contributed by atoms with Gasteiger partial charge < -0.3 is 10.2 Å². The second kappa shape index (κ2) is 4.22. The molecule has 0 saturated carbocycles. The molecule has 2 rings (SSSR count). The Hall–Kier alpha value is -0.800. The van der Waals surface area contributed by atoms with Gasteiger partial charge in [-0.05, 0) is 36.1 Å². The van der Waals surface area contributed by atoms with Crippen molar-refractivity contribution < 1.29 is 4.42 Å². The summed E-state index contributed by atoms with van der Waals surface area (Å²) < 4.78 is 6.94. The van der Waals surface area contributed by atoms with E-state index in [9.17, 15) is 0 Å². The van der Waals surface area contributed by atoms with Crippen molar-refractivity contribution in [2.45, 2.75) is 33.2 Å². The van der Waals surface area contributed by atoms with Gasteiger partial charge in [0.2, 0.25) is 0 Å². The third-order valence-corrected chi connectivity index (χ3v) is 3.40. The van der Waals surface area contributed by atoms with E-state index in [4.69, 9.17) is 10.2 Å². The highest BCUT2D eigenvalue weighted by Gasteiger charge is 2.15. The van der Waals surface area contributed by atoms with Crippen molar-refractivity contribution in [2.75, 3.05) is 0 Å². The van der Waals surface area contributed by atoms with E-state index in [1.165, 1.54) is 10.9 Å². The molecule has 2 nitrogen and oxygen atoms in total. The number of hydrogen-bond donors (Lipinski definition) is 1. The highest BCUT2D eigenvalue weighted by atomic mass is 79.9. The fourth-order valence-electron chi connectivity index (χ4n) is 1.98. The Labute approximate surface area is 104 Å². The van der Waals surface area contributed by atoms with Gasteiger partial charge in [-0.1, -0.05) is 29.8 Å². The molecule has 16 heavy (non-hydrogen) atoms. The summed E-state index contributed by atoms with van der Waals surface area (Å²) in [6.07, 6.45) is 0. The maximum atomic E-state index is 5.85. The summed E-state index contributed by atoms with van der Waals surface area (Å²) in [5, 5.41) is 1.17. The first-order chi connectivity index (χ1) is 7.54. The molecule has 0 aliphatic heterocycles. The Balaban J connectivity index is 2.81. The number of benzene rings is 1. The molecule has 0 atom stereocenters. The van der Waals surface area contributed by atoms with Gasteiger partial charge in [0, 0.05) is 9.86 Å². The third-order valence-electron chi connectivity index (χ3n) is 2.94. The van der Waals surface area contributed by atoms with Gasteiger partial charge in [0.1, 0.15) is 11.3 Å². The van der Waals surface area contributed by atoms with E-state index >= 15 is 0 Å². The van der Waals surface area contributed by atoms with E-state index in [-0.39, 0.29) is 0 Å². The third kappa shape index (κ3) is 1.78. The lowest BCUT2D eigenvalue weighted by molar-refractivity contribution is 0.543. The molecule has 0 aliphatic rings. The average Bonchev–Trinajstić information content (AvgIpc) is 2.55. The van der Waals surface area contributed by atoms with Crippen LogP contribution in [0.2, 0.25) is 0 Å². The van der Waals surface area contributed by atoms with Crippen molar-refractivity contribution >= 4 is 26.9 Å². The van der Waals surface area contributed by atoms with Crippen molar-refractivity contribution in [1.29, 1.82) is 0 Å². The number of rotatable bonds is 2. The van der Waals surface area contributed by atoms with Crippen LogP contribution in [0.3, 0.4) is 0 Å². The van der Waals surface area contributed by atoms with Crippen LogP contribution in [0.15, 0.2) is 21.0 Å². The number of furan rings is 1. The van der Waals surface area contributed by atoms with Crippen molar-refractivity contribution in [3.8, 4) is 0 Å². The molecule has 0 radical (unpaired) electrons. The maximum Gasteiger partial charge on any atom is 0.138 e. The second-order valence-electron chi connectivity index (χ2n) is 4.38. The molecule has 0 spiro atoms. The van der Waals surface area contributed by atoms with Crippen LogP contribution in [0.5, 0.6) is 0 Å². The summed E-state index contributed by atoms with van der Waals surface area (Å²) in [7, 11) is 0. The van der Waals surface area contributed by atoms with Crippen LogP contribution < -0.4 is 5.73 Å². The molecule has 0 aliphatic carbocycles. The van der Waals surface area contributed by atoms with Crippen LogP contribution in [-0.4, -0.2) is 0 Å². The summed E-state index contributed by atoms with van der Waals surface area (Å²) in [6, 6.07) is 4.22. The largest absolute Gasteiger partial charge is 0.459 e. The van der Waals surface area contributed by atoms with Crippen LogP contribution in [0.25, 0.3) is 11.0 Å². The van der Waals surface area contributed by atoms with E-state index in [1.54, 1.807) is 0 Å². The summed E-state index contributed by atoms with van der Waals surface area (Å²) >= 11 is 3.54. The maximum absolute atomic E-state index is 5.85. The molecule has 1 heterocycles. The summed E-state index contributed by atoms with van der Waals surface area (Å²) in [4.78, 5) is 0. The predicted molar refractivity (Wildman–Crippen MR) is 70.6 cm³/mol. The first kappa shape index (κ1) is 11.7. The lowest BCUT2D eigenvalue weighted by Crippen LogP contribution is -1.95. The van der Waals surface area contributed by atoms with Crippen LogP contribution in [-0.2, 0) is 6.54 Å².